The summed E-state index contributed by atoms with van der Waals surface area (Å²) in [5.41, 5.74) is 8.05. The third-order valence-corrected chi connectivity index (χ3v) is 6.80. The summed E-state index contributed by atoms with van der Waals surface area (Å²) in [5, 5.41) is 23.8. The van der Waals surface area contributed by atoms with E-state index in [0.29, 0.717) is 23.4 Å². The second kappa shape index (κ2) is 6.64. The lowest BCUT2D eigenvalue weighted by Crippen LogP contribution is -2.37. The number of para-hydroxylation sites is 1. The first kappa shape index (κ1) is 19.2. The van der Waals surface area contributed by atoms with Crippen molar-refractivity contribution in [3.63, 3.8) is 0 Å². The number of benzene rings is 2. The summed E-state index contributed by atoms with van der Waals surface area (Å²) in [6, 6.07) is 9.30. The van der Waals surface area contributed by atoms with Gasteiger partial charge in [-0.05, 0) is 43.0 Å². The lowest BCUT2D eigenvalue weighted by atomic mass is 10.1. The van der Waals surface area contributed by atoms with E-state index in [1.54, 1.807) is 24.3 Å². The summed E-state index contributed by atoms with van der Waals surface area (Å²) in [5.74, 6) is -0.645. The molecule has 0 radical (unpaired) electrons. The molecule has 0 amide bonds. The minimum Gasteiger partial charge on any atom is -0.506 e. The average Bonchev–Trinajstić information content (AvgIpc) is 3.54. The van der Waals surface area contributed by atoms with E-state index in [9.17, 15) is 23.4 Å². The summed E-state index contributed by atoms with van der Waals surface area (Å²) in [6.07, 6.45) is 2.14. The van der Waals surface area contributed by atoms with Gasteiger partial charge in [-0.15, -0.1) is 4.40 Å². The lowest BCUT2D eigenvalue weighted by molar-refractivity contribution is 0.476. The van der Waals surface area contributed by atoms with Crippen molar-refractivity contribution in [1.29, 1.82) is 0 Å². The molecule has 11 heteroatoms. The van der Waals surface area contributed by atoms with Crippen molar-refractivity contribution in [1.82, 2.24) is 4.68 Å². The van der Waals surface area contributed by atoms with Crippen molar-refractivity contribution in [3.05, 3.63) is 52.3 Å². The minimum atomic E-state index is -4.35. The summed E-state index contributed by atoms with van der Waals surface area (Å²) in [6.45, 7) is 0.574. The zero-order valence-corrected chi connectivity index (χ0v) is 17.0. The van der Waals surface area contributed by atoms with E-state index in [4.69, 9.17) is 5.73 Å². The number of rotatable bonds is 4. The van der Waals surface area contributed by atoms with Crippen LogP contribution in [0.3, 0.4) is 0 Å². The highest BCUT2D eigenvalue weighted by Gasteiger charge is 2.32. The van der Waals surface area contributed by atoms with Crippen molar-refractivity contribution >= 4 is 38.1 Å². The van der Waals surface area contributed by atoms with E-state index in [-0.39, 0.29) is 33.4 Å². The van der Waals surface area contributed by atoms with Crippen LogP contribution in [0.15, 0.2) is 50.5 Å². The predicted molar refractivity (Wildman–Crippen MR) is 117 cm³/mol. The Labute approximate surface area is 176 Å². The Morgan fingerprint density at radius 1 is 1.19 bits per heavy atom. The van der Waals surface area contributed by atoms with Gasteiger partial charge in [0.2, 0.25) is 0 Å². The van der Waals surface area contributed by atoms with Crippen LogP contribution in [0.5, 0.6) is 11.5 Å². The molecule has 0 bridgehead atoms. The van der Waals surface area contributed by atoms with Crippen molar-refractivity contribution in [2.24, 2.45) is 10.3 Å². The molecule has 2 heterocycles. The molecule has 1 aromatic heterocycles. The normalized spacial score (nSPS) is 17.0. The molecule has 1 saturated carbocycles. The molecule has 1 fully saturated rings. The molecular weight excluding hydrogens is 422 g/mol. The molecule has 3 aromatic rings. The van der Waals surface area contributed by atoms with E-state index < -0.39 is 21.3 Å². The van der Waals surface area contributed by atoms with Crippen LogP contribution in [0.4, 0.5) is 11.4 Å². The van der Waals surface area contributed by atoms with Crippen LogP contribution in [0.25, 0.3) is 10.9 Å². The number of hydrogen-bond donors (Lipinski definition) is 5. The molecule has 31 heavy (non-hydrogen) atoms. The zero-order valence-electron chi connectivity index (χ0n) is 16.2. The number of pyridine rings is 1. The first-order valence-electron chi connectivity index (χ1n) is 9.62. The predicted octanol–water partition coefficient (Wildman–Crippen LogP) is 1.51. The zero-order chi connectivity index (χ0) is 21.9. The van der Waals surface area contributed by atoms with Crippen LogP contribution in [0, 0.1) is 5.92 Å². The fraction of sp³-hybridized carbons (Fsp3) is 0.200. The SMILES string of the molecule is Nc1c(O)ccc2c1S(=O)(=O)N=C(c1c(O)c3ccccc3n(NCC3CC3)c1=O)N2. The van der Waals surface area contributed by atoms with E-state index in [0.717, 1.165) is 12.8 Å². The van der Waals surface area contributed by atoms with E-state index in [2.05, 4.69) is 15.1 Å². The number of sulfonamides is 1. The minimum absolute atomic E-state index is 0.0461. The van der Waals surface area contributed by atoms with Crippen LogP contribution in [0.2, 0.25) is 0 Å². The number of nitrogen functional groups attached to an aromatic ring is 1. The van der Waals surface area contributed by atoms with E-state index in [1.165, 1.54) is 16.8 Å². The fourth-order valence-electron chi connectivity index (χ4n) is 3.63. The number of aromatic hydroxyl groups is 2. The molecule has 6 N–H and O–H groups in total. The summed E-state index contributed by atoms with van der Waals surface area (Å²) in [7, 11) is -4.35. The molecule has 2 aromatic carbocycles. The van der Waals surface area contributed by atoms with E-state index in [1.807, 2.05) is 0 Å². The quantitative estimate of drug-likeness (QED) is 0.231. The topological polar surface area (TPSA) is 159 Å². The van der Waals surface area contributed by atoms with Gasteiger partial charge in [-0.1, -0.05) is 12.1 Å². The van der Waals surface area contributed by atoms with Crippen LogP contribution in [-0.4, -0.2) is 35.7 Å². The molecule has 1 aliphatic carbocycles. The maximum atomic E-state index is 13.3. The highest BCUT2D eigenvalue weighted by Crippen LogP contribution is 2.39. The monoisotopic (exact) mass is 441 g/mol. The largest absolute Gasteiger partial charge is 0.506 e. The van der Waals surface area contributed by atoms with Gasteiger partial charge < -0.3 is 26.7 Å². The fourth-order valence-corrected chi connectivity index (χ4v) is 4.88. The maximum absolute atomic E-state index is 13.3. The van der Waals surface area contributed by atoms with Gasteiger partial charge in [-0.25, -0.2) is 4.68 Å². The number of aromatic nitrogens is 1. The van der Waals surface area contributed by atoms with Crippen molar-refractivity contribution in [2.75, 3.05) is 23.0 Å². The number of phenols is 1. The summed E-state index contributed by atoms with van der Waals surface area (Å²) in [4.78, 5) is 13.0. The van der Waals surface area contributed by atoms with Crippen LogP contribution in [0.1, 0.15) is 18.4 Å². The molecule has 2 aliphatic rings. The molecule has 1 aliphatic heterocycles. The van der Waals surface area contributed by atoms with Gasteiger partial charge in [0.25, 0.3) is 15.6 Å². The highest BCUT2D eigenvalue weighted by atomic mass is 32.2. The summed E-state index contributed by atoms with van der Waals surface area (Å²) >= 11 is 0. The molecule has 10 nitrogen and oxygen atoms in total. The Kier molecular flexibility index (Phi) is 4.12. The highest BCUT2D eigenvalue weighted by molar-refractivity contribution is 7.90. The van der Waals surface area contributed by atoms with Gasteiger partial charge in [0.15, 0.2) is 5.84 Å². The van der Waals surface area contributed by atoms with Gasteiger partial charge in [0, 0.05) is 11.9 Å². The van der Waals surface area contributed by atoms with E-state index >= 15 is 0 Å². The first-order chi connectivity index (χ1) is 14.8. The number of nitrogens with zero attached hydrogens (tertiary/aromatic N) is 2. The van der Waals surface area contributed by atoms with Crippen molar-refractivity contribution in [2.45, 2.75) is 17.7 Å². The Bertz CT molecular complexity index is 1440. The smallest absolute Gasteiger partial charge is 0.288 e. The van der Waals surface area contributed by atoms with Gasteiger partial charge in [-0.3, -0.25) is 4.79 Å². The Balaban J connectivity index is 1.73. The maximum Gasteiger partial charge on any atom is 0.288 e. The number of fused-ring (bicyclic) bond motifs is 2. The number of amidine groups is 1. The summed E-state index contributed by atoms with van der Waals surface area (Å²) < 4.78 is 30.6. The Morgan fingerprint density at radius 2 is 1.94 bits per heavy atom. The number of hydrogen-bond acceptors (Lipinski definition) is 8. The van der Waals surface area contributed by atoms with Crippen LogP contribution < -0.4 is 22.0 Å². The van der Waals surface area contributed by atoms with Crippen molar-refractivity contribution in [3.8, 4) is 11.5 Å². The molecular formula is C20H19N5O5S. The average molecular weight is 441 g/mol. The van der Waals surface area contributed by atoms with Crippen LogP contribution >= 0.6 is 0 Å². The second-order valence-electron chi connectivity index (χ2n) is 7.60. The number of nitrogens with one attached hydrogen (secondary N) is 2. The number of phenolic OH excluding ortho intramolecular Hbond substituents is 1. The number of anilines is 2. The second-order valence-corrected chi connectivity index (χ2v) is 9.14. The standard InChI is InChI=1S/C20H19N5O5S/c21-16-14(26)8-7-12-18(16)31(29,30)24-19(23-12)15-17(27)11-3-1-2-4-13(11)25(20(15)28)22-9-10-5-6-10/h1-4,7-8,10,22,26-27H,5-6,9,21H2,(H,23,24). The number of nitrogens with two attached hydrogens (primary N) is 1. The van der Waals surface area contributed by atoms with Crippen LogP contribution in [-0.2, 0) is 10.0 Å². The molecule has 0 atom stereocenters. The first-order valence-corrected chi connectivity index (χ1v) is 11.1. The molecule has 0 saturated heterocycles. The Hall–Kier alpha value is -3.73. The molecule has 160 valence electrons. The molecule has 0 spiro atoms. The van der Waals surface area contributed by atoms with Gasteiger partial charge in [0.1, 0.15) is 22.0 Å². The molecule has 0 unspecified atom stereocenters. The van der Waals surface area contributed by atoms with Gasteiger partial charge in [-0.2, -0.15) is 8.42 Å². The lowest BCUT2D eigenvalue weighted by Gasteiger charge is -2.22. The molecule has 5 rings (SSSR count). The van der Waals surface area contributed by atoms with Gasteiger partial charge in [0.05, 0.1) is 16.9 Å². The van der Waals surface area contributed by atoms with Gasteiger partial charge >= 0.3 is 0 Å². The Morgan fingerprint density at radius 3 is 2.68 bits per heavy atom. The third kappa shape index (κ3) is 3.05. The third-order valence-electron chi connectivity index (χ3n) is 5.42. The van der Waals surface area contributed by atoms with Crippen molar-refractivity contribution < 1.29 is 18.6 Å².